The Morgan fingerprint density at radius 3 is 2.67 bits per heavy atom. The van der Waals surface area contributed by atoms with Gasteiger partial charge in [0.05, 0.1) is 6.20 Å². The molecule has 2 rings (SSSR count). The zero-order valence-corrected chi connectivity index (χ0v) is 11.0. The highest BCUT2D eigenvalue weighted by atomic mass is 19.4. The van der Waals surface area contributed by atoms with E-state index in [1.165, 1.54) is 42.2 Å². The van der Waals surface area contributed by atoms with E-state index in [0.29, 0.717) is 5.56 Å². The van der Waals surface area contributed by atoms with E-state index in [0.717, 1.165) is 0 Å². The summed E-state index contributed by atoms with van der Waals surface area (Å²) < 4.78 is 42.4. The number of rotatable bonds is 4. The second kappa shape index (κ2) is 5.47. The SMILES string of the molecule is CC(C(N)=O)n1cc(-c2ccccc2OC(F)(F)F)cn1. The number of carbonyl (C=O) groups is 1. The van der Waals surface area contributed by atoms with Gasteiger partial charge in [-0.3, -0.25) is 9.48 Å². The highest BCUT2D eigenvalue weighted by Crippen LogP contribution is 2.33. The quantitative estimate of drug-likeness (QED) is 0.943. The topological polar surface area (TPSA) is 70.1 Å². The average molecular weight is 299 g/mol. The van der Waals surface area contributed by atoms with Gasteiger partial charge in [0.1, 0.15) is 11.8 Å². The van der Waals surface area contributed by atoms with E-state index >= 15 is 0 Å². The summed E-state index contributed by atoms with van der Waals surface area (Å²) in [5.74, 6) is -0.930. The molecular formula is C13H12F3N3O2. The van der Waals surface area contributed by atoms with E-state index in [-0.39, 0.29) is 11.3 Å². The normalized spacial score (nSPS) is 13.0. The van der Waals surface area contributed by atoms with Crippen molar-refractivity contribution in [3.63, 3.8) is 0 Å². The second-order valence-electron chi connectivity index (χ2n) is 4.33. The fourth-order valence-corrected chi connectivity index (χ4v) is 1.74. The van der Waals surface area contributed by atoms with Gasteiger partial charge < -0.3 is 10.5 Å². The zero-order valence-electron chi connectivity index (χ0n) is 11.0. The summed E-state index contributed by atoms with van der Waals surface area (Å²) in [6, 6.07) is 4.98. The van der Waals surface area contributed by atoms with Crippen molar-refractivity contribution in [2.75, 3.05) is 0 Å². The Morgan fingerprint density at radius 2 is 2.05 bits per heavy atom. The van der Waals surface area contributed by atoms with E-state index in [2.05, 4.69) is 9.84 Å². The first-order chi connectivity index (χ1) is 9.78. The van der Waals surface area contributed by atoms with Gasteiger partial charge in [-0.15, -0.1) is 13.2 Å². The van der Waals surface area contributed by atoms with Crippen molar-refractivity contribution in [1.29, 1.82) is 0 Å². The maximum atomic E-state index is 12.4. The maximum absolute atomic E-state index is 12.4. The van der Waals surface area contributed by atoms with Gasteiger partial charge in [0, 0.05) is 17.3 Å². The molecule has 1 aromatic heterocycles. The first-order valence-corrected chi connectivity index (χ1v) is 5.96. The summed E-state index contributed by atoms with van der Waals surface area (Å²) in [6.45, 7) is 1.54. The maximum Gasteiger partial charge on any atom is 0.573 e. The van der Waals surface area contributed by atoms with Crippen LogP contribution in [-0.2, 0) is 4.79 Å². The number of para-hydroxylation sites is 1. The molecule has 1 aromatic carbocycles. The molecule has 0 bridgehead atoms. The third kappa shape index (κ3) is 3.53. The van der Waals surface area contributed by atoms with Crippen LogP contribution in [0, 0.1) is 0 Å². The fraction of sp³-hybridized carbons (Fsp3) is 0.231. The van der Waals surface area contributed by atoms with Crippen LogP contribution in [0.25, 0.3) is 11.1 Å². The molecule has 1 amide bonds. The number of nitrogens with zero attached hydrogens (tertiary/aromatic N) is 2. The number of alkyl halides is 3. The summed E-state index contributed by atoms with van der Waals surface area (Å²) in [5.41, 5.74) is 5.77. The van der Waals surface area contributed by atoms with Crippen LogP contribution >= 0.6 is 0 Å². The molecule has 2 N–H and O–H groups in total. The number of benzene rings is 1. The molecule has 0 aliphatic carbocycles. The smallest absolute Gasteiger partial charge is 0.405 e. The highest BCUT2D eigenvalue weighted by Gasteiger charge is 2.32. The third-order valence-electron chi connectivity index (χ3n) is 2.83. The van der Waals surface area contributed by atoms with E-state index in [1.807, 2.05) is 0 Å². The predicted molar refractivity (Wildman–Crippen MR) is 68.3 cm³/mol. The van der Waals surface area contributed by atoms with Gasteiger partial charge in [-0.25, -0.2) is 0 Å². The first kappa shape index (κ1) is 14.9. The molecule has 0 aliphatic rings. The first-order valence-electron chi connectivity index (χ1n) is 5.96. The molecule has 0 radical (unpaired) electrons. The van der Waals surface area contributed by atoms with Crippen molar-refractivity contribution in [2.45, 2.75) is 19.3 Å². The summed E-state index contributed by atoms with van der Waals surface area (Å²) in [6.07, 6.45) is -2.00. The van der Waals surface area contributed by atoms with Crippen LogP contribution in [0.1, 0.15) is 13.0 Å². The lowest BCUT2D eigenvalue weighted by Gasteiger charge is -2.12. The molecule has 1 heterocycles. The van der Waals surface area contributed by atoms with Crippen LogP contribution < -0.4 is 10.5 Å². The predicted octanol–water partition coefficient (Wildman–Crippen LogP) is 2.50. The van der Waals surface area contributed by atoms with Crippen molar-refractivity contribution in [3.8, 4) is 16.9 Å². The van der Waals surface area contributed by atoms with E-state index in [4.69, 9.17) is 5.73 Å². The molecule has 8 heteroatoms. The number of halogens is 3. The number of aromatic nitrogens is 2. The molecule has 0 fully saturated rings. The van der Waals surface area contributed by atoms with Crippen LogP contribution in [0.4, 0.5) is 13.2 Å². The van der Waals surface area contributed by atoms with Crippen molar-refractivity contribution in [3.05, 3.63) is 36.7 Å². The fourth-order valence-electron chi connectivity index (χ4n) is 1.74. The molecule has 1 unspecified atom stereocenters. The number of carbonyl (C=O) groups excluding carboxylic acids is 1. The molecule has 0 spiro atoms. The Balaban J connectivity index is 2.37. The standard InChI is InChI=1S/C13H12F3N3O2/c1-8(12(17)20)19-7-9(6-18-19)10-4-2-3-5-11(10)21-13(14,15)16/h2-8H,1H3,(H2,17,20). The monoisotopic (exact) mass is 299 g/mol. The summed E-state index contributed by atoms with van der Waals surface area (Å²) in [4.78, 5) is 11.1. The van der Waals surface area contributed by atoms with Gasteiger partial charge in [0.25, 0.3) is 0 Å². The Labute approximate surface area is 118 Å². The minimum atomic E-state index is -4.79. The lowest BCUT2D eigenvalue weighted by atomic mass is 10.1. The molecule has 0 saturated heterocycles. The number of hydrogen-bond acceptors (Lipinski definition) is 3. The number of amides is 1. The Kier molecular flexibility index (Phi) is 3.88. The number of hydrogen-bond donors (Lipinski definition) is 1. The van der Waals surface area contributed by atoms with Crippen LogP contribution in [0.5, 0.6) is 5.75 Å². The van der Waals surface area contributed by atoms with Gasteiger partial charge >= 0.3 is 6.36 Å². The molecule has 0 aliphatic heterocycles. The second-order valence-corrected chi connectivity index (χ2v) is 4.33. The van der Waals surface area contributed by atoms with E-state index < -0.39 is 18.3 Å². The zero-order chi connectivity index (χ0) is 15.6. The van der Waals surface area contributed by atoms with Crippen molar-refractivity contribution in [2.24, 2.45) is 5.73 Å². The molecule has 2 aromatic rings. The Bertz CT molecular complexity index is 652. The van der Waals surface area contributed by atoms with Crippen LogP contribution in [0.2, 0.25) is 0 Å². The summed E-state index contributed by atoms with van der Waals surface area (Å²) in [7, 11) is 0. The van der Waals surface area contributed by atoms with Crippen LogP contribution in [0.15, 0.2) is 36.7 Å². The number of primary amides is 1. The number of nitrogens with two attached hydrogens (primary N) is 1. The number of ether oxygens (including phenoxy) is 1. The van der Waals surface area contributed by atoms with Crippen LogP contribution in [-0.4, -0.2) is 22.1 Å². The van der Waals surface area contributed by atoms with Gasteiger partial charge in [0.15, 0.2) is 0 Å². The summed E-state index contributed by atoms with van der Waals surface area (Å²) in [5, 5.41) is 3.93. The molecule has 112 valence electrons. The largest absolute Gasteiger partial charge is 0.573 e. The van der Waals surface area contributed by atoms with Crippen molar-refractivity contribution < 1.29 is 22.7 Å². The molecular weight excluding hydrogens is 287 g/mol. The highest BCUT2D eigenvalue weighted by molar-refractivity contribution is 5.78. The minimum Gasteiger partial charge on any atom is -0.405 e. The minimum absolute atomic E-state index is 0.220. The van der Waals surface area contributed by atoms with E-state index in [9.17, 15) is 18.0 Å². The van der Waals surface area contributed by atoms with Crippen molar-refractivity contribution in [1.82, 2.24) is 9.78 Å². The van der Waals surface area contributed by atoms with Gasteiger partial charge in [-0.05, 0) is 13.0 Å². The lowest BCUT2D eigenvalue weighted by Crippen LogP contribution is -2.24. The van der Waals surface area contributed by atoms with Gasteiger partial charge in [0.2, 0.25) is 5.91 Å². The summed E-state index contributed by atoms with van der Waals surface area (Å²) >= 11 is 0. The van der Waals surface area contributed by atoms with E-state index in [1.54, 1.807) is 6.07 Å². The van der Waals surface area contributed by atoms with Crippen LogP contribution in [0.3, 0.4) is 0 Å². The van der Waals surface area contributed by atoms with Crippen molar-refractivity contribution >= 4 is 5.91 Å². The average Bonchev–Trinajstić information content (AvgIpc) is 2.85. The molecule has 0 saturated carbocycles. The molecule has 5 nitrogen and oxygen atoms in total. The van der Waals surface area contributed by atoms with Gasteiger partial charge in [-0.2, -0.15) is 5.10 Å². The Morgan fingerprint density at radius 1 is 1.38 bits per heavy atom. The van der Waals surface area contributed by atoms with Gasteiger partial charge in [-0.1, -0.05) is 18.2 Å². The molecule has 21 heavy (non-hydrogen) atoms. The Hall–Kier alpha value is -2.51. The third-order valence-corrected chi connectivity index (χ3v) is 2.83. The lowest BCUT2D eigenvalue weighted by molar-refractivity contribution is -0.274. The molecule has 1 atom stereocenters.